The third kappa shape index (κ3) is 2.63. The average molecular weight is 350 g/mol. The zero-order valence-corrected chi connectivity index (χ0v) is 15.2. The molecule has 2 heterocycles. The summed E-state index contributed by atoms with van der Waals surface area (Å²) in [6.45, 7) is 3.83. The Morgan fingerprint density at radius 1 is 1.23 bits per heavy atom. The fourth-order valence-electron chi connectivity index (χ4n) is 3.40. The highest BCUT2D eigenvalue weighted by molar-refractivity contribution is 6.15. The van der Waals surface area contributed by atoms with Crippen molar-refractivity contribution < 1.29 is 9.53 Å². The monoisotopic (exact) mass is 350 g/mol. The van der Waals surface area contributed by atoms with Gasteiger partial charge in [-0.2, -0.15) is 5.10 Å². The first-order valence-corrected chi connectivity index (χ1v) is 8.82. The quantitative estimate of drug-likeness (QED) is 0.558. The van der Waals surface area contributed by atoms with Crippen molar-refractivity contribution in [3.8, 4) is 11.3 Å². The van der Waals surface area contributed by atoms with Crippen LogP contribution in [0.5, 0.6) is 0 Å². The van der Waals surface area contributed by atoms with Gasteiger partial charge in [0.2, 0.25) is 0 Å². The fraction of sp³-hybridized carbons (Fsp3) is 0.300. The van der Waals surface area contributed by atoms with Gasteiger partial charge in [-0.3, -0.25) is 4.68 Å². The largest absolute Gasteiger partial charge is 0.462 e. The van der Waals surface area contributed by atoms with E-state index in [9.17, 15) is 4.79 Å². The van der Waals surface area contributed by atoms with Gasteiger partial charge in [0, 0.05) is 17.8 Å². The van der Waals surface area contributed by atoms with E-state index in [0.29, 0.717) is 12.2 Å². The number of carbonyl (C=O) groups excluding carboxylic acids is 1. The molecule has 0 unspecified atom stereocenters. The molecule has 1 aromatic heterocycles. The number of esters is 1. The normalized spacial score (nSPS) is 12.2. The van der Waals surface area contributed by atoms with E-state index in [4.69, 9.17) is 9.84 Å². The molecule has 6 nitrogen and oxygen atoms in total. The van der Waals surface area contributed by atoms with Crippen LogP contribution in [0.25, 0.3) is 22.2 Å². The van der Waals surface area contributed by atoms with Gasteiger partial charge < -0.3 is 15.0 Å². The Morgan fingerprint density at radius 2 is 2.04 bits per heavy atom. The van der Waals surface area contributed by atoms with Crippen molar-refractivity contribution in [2.45, 2.75) is 13.5 Å². The molecule has 0 saturated carbocycles. The minimum absolute atomic E-state index is 0.316. The number of hydrogen-bond acceptors (Lipinski definition) is 5. The van der Waals surface area contributed by atoms with E-state index in [1.165, 1.54) is 0 Å². The molecule has 0 amide bonds. The second-order valence-corrected chi connectivity index (χ2v) is 6.65. The number of aromatic nitrogens is 2. The second kappa shape index (κ2) is 6.46. The molecule has 0 radical (unpaired) electrons. The molecule has 134 valence electrons. The predicted octanol–water partition coefficient (Wildman–Crippen LogP) is 3.50. The van der Waals surface area contributed by atoms with Gasteiger partial charge >= 0.3 is 5.97 Å². The SMILES string of the molecule is CCOC(=O)c1ccc2nn(CCN(C)C)c3c2c1Nc1ccccc1-3. The lowest BCUT2D eigenvalue weighted by Gasteiger charge is -2.22. The van der Waals surface area contributed by atoms with E-state index in [2.05, 4.69) is 30.4 Å². The first kappa shape index (κ1) is 16.6. The Labute approximate surface area is 152 Å². The van der Waals surface area contributed by atoms with E-state index in [0.717, 1.165) is 46.6 Å². The number of hydrogen-bond donors (Lipinski definition) is 1. The Hall–Kier alpha value is -2.86. The van der Waals surface area contributed by atoms with E-state index in [-0.39, 0.29) is 5.97 Å². The topological polar surface area (TPSA) is 59.4 Å². The molecule has 4 rings (SSSR count). The third-order valence-corrected chi connectivity index (χ3v) is 4.60. The highest BCUT2D eigenvalue weighted by atomic mass is 16.5. The first-order chi connectivity index (χ1) is 12.6. The number of carbonyl (C=O) groups is 1. The molecule has 6 heteroatoms. The van der Waals surface area contributed by atoms with Crippen LogP contribution in [0.3, 0.4) is 0 Å². The maximum absolute atomic E-state index is 12.4. The molecule has 0 spiro atoms. The van der Waals surface area contributed by atoms with Gasteiger partial charge in [-0.05, 0) is 39.2 Å². The second-order valence-electron chi connectivity index (χ2n) is 6.65. The van der Waals surface area contributed by atoms with E-state index in [1.54, 1.807) is 6.07 Å². The highest BCUT2D eigenvalue weighted by Gasteiger charge is 2.27. The van der Waals surface area contributed by atoms with Crippen LogP contribution in [-0.2, 0) is 11.3 Å². The summed E-state index contributed by atoms with van der Waals surface area (Å²) >= 11 is 0. The number of nitrogens with zero attached hydrogens (tertiary/aromatic N) is 3. The average Bonchev–Trinajstić information content (AvgIpc) is 3.00. The number of likely N-dealkylation sites (N-methyl/N-ethyl adjacent to an activating group) is 1. The first-order valence-electron chi connectivity index (χ1n) is 8.82. The van der Waals surface area contributed by atoms with Crippen molar-refractivity contribution in [1.82, 2.24) is 14.7 Å². The molecule has 0 bridgehead atoms. The summed E-state index contributed by atoms with van der Waals surface area (Å²) < 4.78 is 7.29. The lowest BCUT2D eigenvalue weighted by Crippen LogP contribution is -2.19. The predicted molar refractivity (Wildman–Crippen MR) is 103 cm³/mol. The molecule has 0 saturated heterocycles. The molecular formula is C20H22N4O2. The molecule has 1 aliphatic heterocycles. The number of fused-ring (bicyclic) bond motifs is 2. The molecule has 0 atom stereocenters. The van der Waals surface area contributed by atoms with Crippen molar-refractivity contribution in [2.75, 3.05) is 32.6 Å². The van der Waals surface area contributed by atoms with Crippen molar-refractivity contribution in [1.29, 1.82) is 0 Å². The third-order valence-electron chi connectivity index (χ3n) is 4.60. The number of rotatable bonds is 5. The molecular weight excluding hydrogens is 328 g/mol. The van der Waals surface area contributed by atoms with Crippen molar-refractivity contribution in [3.05, 3.63) is 42.0 Å². The number of anilines is 2. The summed E-state index contributed by atoms with van der Waals surface area (Å²) in [5.41, 5.74) is 5.33. The van der Waals surface area contributed by atoms with Crippen LogP contribution >= 0.6 is 0 Å². The molecule has 26 heavy (non-hydrogen) atoms. The zero-order valence-electron chi connectivity index (χ0n) is 15.2. The van der Waals surface area contributed by atoms with E-state index in [1.807, 2.05) is 35.9 Å². The summed E-state index contributed by atoms with van der Waals surface area (Å²) in [6.07, 6.45) is 0. The minimum Gasteiger partial charge on any atom is -0.462 e. The van der Waals surface area contributed by atoms with Gasteiger partial charge in [0.25, 0.3) is 0 Å². The summed E-state index contributed by atoms with van der Waals surface area (Å²) in [5.74, 6) is -0.316. The molecule has 3 aromatic rings. The van der Waals surface area contributed by atoms with Crippen LogP contribution in [0.2, 0.25) is 0 Å². The lowest BCUT2D eigenvalue weighted by atomic mass is 9.97. The van der Waals surface area contributed by atoms with E-state index < -0.39 is 0 Å². The van der Waals surface area contributed by atoms with Gasteiger partial charge in [0.05, 0.1) is 41.0 Å². The standard InChI is InChI=1S/C20H22N4O2/c1-4-26-20(25)14-9-10-16-17-18(14)21-15-8-6-5-7-13(15)19(17)24(22-16)12-11-23(2)3/h5-10,21H,4,11-12H2,1-3H3. The summed E-state index contributed by atoms with van der Waals surface area (Å²) in [7, 11) is 4.10. The van der Waals surface area contributed by atoms with Gasteiger partial charge in [-0.1, -0.05) is 18.2 Å². The van der Waals surface area contributed by atoms with E-state index >= 15 is 0 Å². The maximum Gasteiger partial charge on any atom is 0.340 e. The lowest BCUT2D eigenvalue weighted by molar-refractivity contribution is 0.0527. The molecule has 1 N–H and O–H groups in total. The van der Waals surface area contributed by atoms with Gasteiger partial charge in [-0.15, -0.1) is 0 Å². The minimum atomic E-state index is -0.316. The summed E-state index contributed by atoms with van der Waals surface area (Å²) in [5, 5.41) is 9.21. The number of para-hydroxylation sites is 1. The number of nitrogens with one attached hydrogen (secondary N) is 1. The summed E-state index contributed by atoms with van der Waals surface area (Å²) in [4.78, 5) is 14.6. The van der Waals surface area contributed by atoms with Crippen LogP contribution in [0.15, 0.2) is 36.4 Å². The zero-order chi connectivity index (χ0) is 18.3. The molecule has 0 aliphatic carbocycles. The maximum atomic E-state index is 12.4. The summed E-state index contributed by atoms with van der Waals surface area (Å²) in [6, 6.07) is 11.8. The Bertz CT molecular complexity index is 991. The Balaban J connectivity index is 1.96. The Kier molecular flexibility index (Phi) is 4.12. The highest BCUT2D eigenvalue weighted by Crippen LogP contribution is 2.45. The van der Waals surface area contributed by atoms with Crippen LogP contribution in [0.1, 0.15) is 17.3 Å². The molecule has 1 aliphatic rings. The van der Waals surface area contributed by atoms with Gasteiger partial charge in [0.1, 0.15) is 0 Å². The molecule has 0 fully saturated rings. The van der Waals surface area contributed by atoms with Crippen molar-refractivity contribution in [2.24, 2.45) is 0 Å². The van der Waals surface area contributed by atoms with Crippen LogP contribution < -0.4 is 5.32 Å². The fourth-order valence-corrected chi connectivity index (χ4v) is 3.40. The van der Waals surface area contributed by atoms with Crippen molar-refractivity contribution in [3.63, 3.8) is 0 Å². The number of ether oxygens (including phenoxy) is 1. The van der Waals surface area contributed by atoms with Crippen LogP contribution in [0, 0.1) is 0 Å². The smallest absolute Gasteiger partial charge is 0.340 e. The van der Waals surface area contributed by atoms with Gasteiger partial charge in [0.15, 0.2) is 0 Å². The van der Waals surface area contributed by atoms with Crippen LogP contribution in [0.4, 0.5) is 11.4 Å². The van der Waals surface area contributed by atoms with Crippen molar-refractivity contribution >= 4 is 28.2 Å². The Morgan fingerprint density at radius 3 is 2.81 bits per heavy atom. The number of benzene rings is 2. The van der Waals surface area contributed by atoms with Gasteiger partial charge in [-0.25, -0.2) is 4.79 Å². The van der Waals surface area contributed by atoms with Crippen LogP contribution in [-0.4, -0.2) is 47.9 Å². The molecule has 2 aromatic carbocycles.